The van der Waals surface area contributed by atoms with Crippen LogP contribution >= 0.6 is 23.4 Å². The molecule has 576 valence electrons. The van der Waals surface area contributed by atoms with Crippen molar-refractivity contribution in [1.29, 1.82) is 0 Å². The second kappa shape index (κ2) is 36.4. The van der Waals surface area contributed by atoms with E-state index in [0.29, 0.717) is 44.4 Å². The molecule has 3 aliphatic heterocycles. The first-order valence-corrected chi connectivity index (χ1v) is 39.1. The molecule has 0 aromatic carbocycles. The molecule has 3 N–H and O–H groups in total. The monoisotopic (exact) mass is 1480 g/mol. The van der Waals surface area contributed by atoms with Crippen molar-refractivity contribution in [3.05, 3.63) is 0 Å². The number of halogens is 4. The number of nitrogens with one attached hydrogen (secondary N) is 3. The molecule has 7 rings (SSSR count). The molecule has 3 unspecified atom stereocenters. The standard InChI is InChI=1S/C73H118ClF3N12O12S/c1-15-45(5)60-69(99)83(10)46(6)64(94)89-36-32-54(89)68(98)85(12)56(39-48-26-24-44(4)25-27-48)67(97)82(9)40-58(90)78-52(31-29-47-28-30-50(51(74)38-47)73(75,76)77)65(95)88-35-20-23-53(88)63(93)80-72(33-18-19-34-72)71(101)87(14)61(49-21-16-17-22-49)70(100)86(13)57(66(96)81(7)8)41-102-42-59(91)84(11)55(37-43(2)3)62(92)79-60/h43-57,60-61H,15-42H2,1-14H3,(H,78,90)(H,79,92)(H,80,93)/t44?,45-,46-,47?,48?,50?,51?,52-,53-,54-,55-,56-,57-,60-,61-/m0/s1. The number of nitrogens with zero attached hydrogens (tertiary/aromatic N) is 9. The Morgan fingerprint density at radius 1 is 0.647 bits per heavy atom. The summed E-state index contributed by atoms with van der Waals surface area (Å²) in [7, 11) is 12.0. The minimum Gasteiger partial charge on any atom is -0.347 e. The Kier molecular flexibility index (Phi) is 29.7. The maximum absolute atomic E-state index is 15.5. The lowest BCUT2D eigenvalue weighted by Crippen LogP contribution is -2.65. The Bertz CT molecular complexity index is 3000. The van der Waals surface area contributed by atoms with Crippen molar-refractivity contribution < 1.29 is 70.7 Å². The molecule has 7 aliphatic rings. The van der Waals surface area contributed by atoms with Gasteiger partial charge in [-0.1, -0.05) is 92.4 Å². The summed E-state index contributed by atoms with van der Waals surface area (Å²) in [6.45, 7) is 10.8. The minimum atomic E-state index is -4.51. The molecule has 4 saturated carbocycles. The molecule has 0 aromatic heterocycles. The molecule has 12 amide bonds. The van der Waals surface area contributed by atoms with Gasteiger partial charge < -0.3 is 60.0 Å². The second-order valence-electron chi connectivity index (χ2n) is 31.6. The summed E-state index contributed by atoms with van der Waals surface area (Å²) in [4.78, 5) is 191. The van der Waals surface area contributed by atoms with Crippen molar-refractivity contribution >= 4 is 94.2 Å². The predicted octanol–water partition coefficient (Wildman–Crippen LogP) is 6.29. The molecule has 1 spiro atoms. The van der Waals surface area contributed by atoms with E-state index in [0.717, 1.165) is 50.3 Å². The zero-order chi connectivity index (χ0) is 75.6. The van der Waals surface area contributed by atoms with E-state index in [2.05, 4.69) is 22.9 Å². The summed E-state index contributed by atoms with van der Waals surface area (Å²) in [5.74, 6) is -9.52. The summed E-state index contributed by atoms with van der Waals surface area (Å²) in [5, 5.41) is 7.68. The molecule has 3 saturated heterocycles. The number of rotatable bonds is 11. The van der Waals surface area contributed by atoms with Gasteiger partial charge in [0.05, 0.1) is 18.2 Å². The third-order valence-corrected chi connectivity index (χ3v) is 25.3. The Morgan fingerprint density at radius 2 is 1.27 bits per heavy atom. The highest BCUT2D eigenvalue weighted by Crippen LogP contribution is 2.44. The van der Waals surface area contributed by atoms with E-state index in [1.165, 1.54) is 86.3 Å². The van der Waals surface area contributed by atoms with E-state index in [1.807, 2.05) is 20.8 Å². The fourth-order valence-electron chi connectivity index (χ4n) is 16.7. The highest BCUT2D eigenvalue weighted by molar-refractivity contribution is 8.00. The van der Waals surface area contributed by atoms with E-state index < -0.39 is 161 Å². The molecule has 0 bridgehead atoms. The number of alkyl halides is 4. The summed E-state index contributed by atoms with van der Waals surface area (Å²) in [6, 6.07) is -10.2. The van der Waals surface area contributed by atoms with Gasteiger partial charge in [0.15, 0.2) is 0 Å². The average Bonchev–Trinajstić information content (AvgIpc) is 1.45. The van der Waals surface area contributed by atoms with Crippen LogP contribution in [0.15, 0.2) is 0 Å². The van der Waals surface area contributed by atoms with Crippen LogP contribution in [0.4, 0.5) is 13.2 Å². The van der Waals surface area contributed by atoms with Crippen LogP contribution in [0.5, 0.6) is 0 Å². The number of likely N-dealkylation sites (N-methyl/N-ethyl adjacent to an activating group) is 7. The highest BCUT2D eigenvalue weighted by Gasteiger charge is 2.53. The molecule has 24 nitrogen and oxygen atoms in total. The van der Waals surface area contributed by atoms with Crippen molar-refractivity contribution in [2.75, 3.05) is 87.5 Å². The van der Waals surface area contributed by atoms with Crippen LogP contribution in [-0.2, 0) is 57.5 Å². The Balaban J connectivity index is 1.25. The molecular weight excluding hydrogens is 1360 g/mol. The lowest BCUT2D eigenvalue weighted by Gasteiger charge is -2.45. The Morgan fingerprint density at radius 3 is 1.85 bits per heavy atom. The molecule has 102 heavy (non-hydrogen) atoms. The Labute approximate surface area is 611 Å². The fourth-order valence-corrected chi connectivity index (χ4v) is 18.3. The van der Waals surface area contributed by atoms with E-state index >= 15 is 24.0 Å². The van der Waals surface area contributed by atoms with Gasteiger partial charge in [0, 0.05) is 80.6 Å². The predicted molar refractivity (Wildman–Crippen MR) is 383 cm³/mol. The zero-order valence-corrected chi connectivity index (χ0v) is 64.5. The Hall–Kier alpha value is -5.93. The molecule has 0 radical (unpaired) electrons. The number of carbonyl (C=O) groups excluding carboxylic acids is 12. The third-order valence-electron chi connectivity index (χ3n) is 23.8. The van der Waals surface area contributed by atoms with Crippen molar-refractivity contribution in [3.63, 3.8) is 0 Å². The minimum absolute atomic E-state index is 0.00347. The molecule has 13 atom stereocenters. The maximum atomic E-state index is 15.5. The SMILES string of the molecule is CC[C@H](C)[C@@H]1NC(=O)[C@H](CC(C)C)N(C)C(=O)CSC[C@@H](C(=O)N(C)C)N(C)C(=O)[C@H](C2CCCC2)N(C)C(=O)C2(CCCC2)NC(=O)[C@@H]2CCCN2C(=O)[C@H](CCC2CCC(C(F)(F)F)C(Cl)C2)NC(=O)CN(C)C(=O)[C@H](CC2CCC(C)CC2)N(C)C(=O)[C@@H]2CCN2C(=O)[C@H](C)N(C)C1=O. The molecule has 4 aliphatic carbocycles. The lowest BCUT2D eigenvalue weighted by atomic mass is 9.78. The largest absolute Gasteiger partial charge is 0.393 e. The number of fused-ring (bicyclic) bond motifs is 2. The first-order valence-electron chi connectivity index (χ1n) is 37.5. The quantitative estimate of drug-likeness (QED) is 0.192. The van der Waals surface area contributed by atoms with E-state index in [1.54, 1.807) is 28.1 Å². The van der Waals surface area contributed by atoms with Gasteiger partial charge in [-0.15, -0.1) is 23.4 Å². The third kappa shape index (κ3) is 20.0. The molecule has 0 aromatic rings. The van der Waals surface area contributed by atoms with Gasteiger partial charge in [-0.3, -0.25) is 57.5 Å². The van der Waals surface area contributed by atoms with Crippen LogP contribution in [0.25, 0.3) is 0 Å². The van der Waals surface area contributed by atoms with Crippen LogP contribution in [0, 0.1) is 41.4 Å². The molecule has 29 heteroatoms. The topological polar surface area (TPSA) is 270 Å². The fraction of sp³-hybridized carbons (Fsp3) is 0.836. The summed E-state index contributed by atoms with van der Waals surface area (Å²) in [6.07, 6.45) is 4.88. The smallest absolute Gasteiger partial charge is 0.347 e. The van der Waals surface area contributed by atoms with Gasteiger partial charge in [-0.25, -0.2) is 0 Å². The number of amides is 12. The van der Waals surface area contributed by atoms with E-state index in [-0.39, 0.29) is 119 Å². The van der Waals surface area contributed by atoms with Crippen LogP contribution in [0.2, 0.25) is 0 Å². The van der Waals surface area contributed by atoms with E-state index in [4.69, 9.17) is 11.6 Å². The first-order chi connectivity index (χ1) is 47.9. The number of carbonyl (C=O) groups is 12. The van der Waals surface area contributed by atoms with Gasteiger partial charge in [0.2, 0.25) is 70.9 Å². The van der Waals surface area contributed by atoms with Crippen LogP contribution in [0.3, 0.4) is 0 Å². The highest BCUT2D eigenvalue weighted by atomic mass is 35.5. The van der Waals surface area contributed by atoms with Gasteiger partial charge in [-0.05, 0) is 132 Å². The van der Waals surface area contributed by atoms with E-state index in [9.17, 15) is 46.7 Å². The molecule has 7 fully saturated rings. The average molecular weight is 1480 g/mol. The van der Waals surface area contributed by atoms with Crippen molar-refractivity contribution in [3.8, 4) is 0 Å². The van der Waals surface area contributed by atoms with Gasteiger partial charge in [-0.2, -0.15) is 13.2 Å². The van der Waals surface area contributed by atoms with Gasteiger partial charge in [0.25, 0.3) is 0 Å². The summed E-state index contributed by atoms with van der Waals surface area (Å²) in [5.41, 5.74) is -1.52. The number of hydrogen-bond acceptors (Lipinski definition) is 13. The molecular formula is C73H118ClF3N12O12S. The van der Waals surface area contributed by atoms with Crippen molar-refractivity contribution in [2.45, 2.75) is 261 Å². The van der Waals surface area contributed by atoms with Gasteiger partial charge in [0.1, 0.15) is 59.9 Å². The van der Waals surface area contributed by atoms with Crippen LogP contribution < -0.4 is 16.0 Å². The van der Waals surface area contributed by atoms with Gasteiger partial charge >= 0.3 is 6.18 Å². The lowest BCUT2D eigenvalue weighted by molar-refractivity contribution is -0.182. The zero-order valence-electron chi connectivity index (χ0n) is 63.0. The van der Waals surface area contributed by atoms with Crippen molar-refractivity contribution in [2.24, 2.45) is 41.4 Å². The summed E-state index contributed by atoms with van der Waals surface area (Å²) >= 11 is 7.51. The second-order valence-corrected chi connectivity index (χ2v) is 33.2. The summed E-state index contributed by atoms with van der Waals surface area (Å²) < 4.78 is 42.1. The molecule has 3 heterocycles. The van der Waals surface area contributed by atoms with Crippen LogP contribution in [0.1, 0.15) is 189 Å². The van der Waals surface area contributed by atoms with Crippen molar-refractivity contribution in [1.82, 2.24) is 60.0 Å². The maximum Gasteiger partial charge on any atom is 0.393 e. The normalized spacial score (nSPS) is 32.1. The van der Waals surface area contributed by atoms with Crippen LogP contribution in [-0.4, -0.2) is 274 Å². The number of hydrogen-bond donors (Lipinski definition) is 3. The first kappa shape index (κ1) is 83.3. The number of thioether (sulfide) groups is 1.